The number of nitrogens with one attached hydrogen (secondary N) is 1. The Morgan fingerprint density at radius 2 is 2.04 bits per heavy atom. The van der Waals surface area contributed by atoms with Crippen molar-refractivity contribution in [2.24, 2.45) is 0 Å². The predicted molar refractivity (Wildman–Crippen MR) is 95.6 cm³/mol. The van der Waals surface area contributed by atoms with Gasteiger partial charge in [-0.15, -0.1) is 0 Å². The minimum atomic E-state index is -0.600. The van der Waals surface area contributed by atoms with Crippen LogP contribution in [-0.4, -0.2) is 30.4 Å². The number of ether oxygens (including phenoxy) is 1. The average Bonchev–Trinajstić information content (AvgIpc) is 3.07. The molecule has 1 N–H and O–H groups in total. The van der Waals surface area contributed by atoms with Gasteiger partial charge in [0.1, 0.15) is 11.3 Å². The summed E-state index contributed by atoms with van der Waals surface area (Å²) in [5, 5.41) is 13.7. The van der Waals surface area contributed by atoms with Crippen LogP contribution in [0.3, 0.4) is 0 Å². The van der Waals surface area contributed by atoms with Crippen LogP contribution in [0.4, 0.5) is 17.1 Å². The fourth-order valence-corrected chi connectivity index (χ4v) is 2.90. The van der Waals surface area contributed by atoms with Crippen molar-refractivity contribution in [3.63, 3.8) is 0 Å². The van der Waals surface area contributed by atoms with Crippen LogP contribution in [0.15, 0.2) is 42.5 Å². The maximum Gasteiger partial charge on any atom is 0.282 e. The summed E-state index contributed by atoms with van der Waals surface area (Å²) in [4.78, 5) is 36.6. The number of nitro benzene ring substituents is 1. The van der Waals surface area contributed by atoms with E-state index >= 15 is 0 Å². The van der Waals surface area contributed by atoms with Gasteiger partial charge < -0.3 is 15.0 Å². The van der Waals surface area contributed by atoms with Crippen molar-refractivity contribution >= 4 is 28.9 Å². The van der Waals surface area contributed by atoms with Gasteiger partial charge in [-0.05, 0) is 30.7 Å². The normalized spacial score (nSPS) is 13.6. The van der Waals surface area contributed by atoms with Crippen molar-refractivity contribution < 1.29 is 19.2 Å². The molecule has 2 aromatic rings. The van der Waals surface area contributed by atoms with E-state index in [1.165, 1.54) is 25.3 Å². The van der Waals surface area contributed by atoms with Gasteiger partial charge in [0.05, 0.1) is 17.7 Å². The summed E-state index contributed by atoms with van der Waals surface area (Å²) in [7, 11) is 1.50. The van der Waals surface area contributed by atoms with Crippen LogP contribution in [0.2, 0.25) is 0 Å². The third-order valence-corrected chi connectivity index (χ3v) is 4.15. The standard InChI is InChI=1S/C18H17N3O5/c1-26-16-9-8-12(11-15(16)20-10-4-7-17(20)22)19-18(23)13-5-2-3-6-14(13)21(24)25/h2-3,5-6,8-9,11H,4,7,10H2,1H3,(H,19,23). The molecule has 0 unspecified atom stereocenters. The van der Waals surface area contributed by atoms with Gasteiger partial charge in [0.25, 0.3) is 11.6 Å². The lowest BCUT2D eigenvalue weighted by Gasteiger charge is -2.20. The summed E-state index contributed by atoms with van der Waals surface area (Å²) in [6.45, 7) is 0.580. The van der Waals surface area contributed by atoms with Gasteiger partial charge >= 0.3 is 0 Å². The second kappa shape index (κ2) is 7.22. The van der Waals surface area contributed by atoms with E-state index in [2.05, 4.69) is 5.32 Å². The predicted octanol–water partition coefficient (Wildman–Crippen LogP) is 2.98. The fraction of sp³-hybridized carbons (Fsp3) is 0.222. The number of carbonyl (C=O) groups is 2. The highest BCUT2D eigenvalue weighted by atomic mass is 16.6. The number of benzene rings is 2. The molecule has 1 fully saturated rings. The third-order valence-electron chi connectivity index (χ3n) is 4.15. The number of anilines is 2. The summed E-state index contributed by atoms with van der Waals surface area (Å²) in [6.07, 6.45) is 1.23. The van der Waals surface area contributed by atoms with Crippen LogP contribution in [0, 0.1) is 10.1 Å². The van der Waals surface area contributed by atoms with Crippen LogP contribution in [0.1, 0.15) is 23.2 Å². The van der Waals surface area contributed by atoms with E-state index in [0.29, 0.717) is 30.1 Å². The third kappa shape index (κ3) is 3.34. The number of nitrogens with zero attached hydrogens (tertiary/aromatic N) is 2. The van der Waals surface area contributed by atoms with Gasteiger partial charge in [-0.1, -0.05) is 12.1 Å². The molecule has 0 spiro atoms. The van der Waals surface area contributed by atoms with Crippen molar-refractivity contribution in [3.8, 4) is 5.75 Å². The monoisotopic (exact) mass is 355 g/mol. The van der Waals surface area contributed by atoms with Crippen molar-refractivity contribution in [2.45, 2.75) is 12.8 Å². The number of carbonyl (C=O) groups excluding carboxylic acids is 2. The fourth-order valence-electron chi connectivity index (χ4n) is 2.90. The Balaban J connectivity index is 1.90. The molecule has 2 aromatic carbocycles. The number of amides is 2. The largest absolute Gasteiger partial charge is 0.495 e. The van der Waals surface area contributed by atoms with Crippen molar-refractivity contribution in [2.75, 3.05) is 23.9 Å². The first-order chi connectivity index (χ1) is 12.5. The number of para-hydroxylation sites is 1. The molecular weight excluding hydrogens is 338 g/mol. The van der Waals surface area contributed by atoms with E-state index in [1.807, 2.05) is 0 Å². The summed E-state index contributed by atoms with van der Waals surface area (Å²) < 4.78 is 5.31. The highest BCUT2D eigenvalue weighted by molar-refractivity contribution is 6.07. The number of hydrogen-bond donors (Lipinski definition) is 1. The molecule has 0 aliphatic carbocycles. The highest BCUT2D eigenvalue weighted by Crippen LogP contribution is 2.34. The van der Waals surface area contributed by atoms with Gasteiger partial charge in [0.2, 0.25) is 5.91 Å². The first-order valence-electron chi connectivity index (χ1n) is 8.04. The SMILES string of the molecule is COc1ccc(NC(=O)c2ccccc2[N+](=O)[O-])cc1N1CCCC1=O. The first-order valence-corrected chi connectivity index (χ1v) is 8.04. The first kappa shape index (κ1) is 17.4. The summed E-state index contributed by atoms with van der Waals surface area (Å²) >= 11 is 0. The lowest BCUT2D eigenvalue weighted by molar-refractivity contribution is -0.385. The van der Waals surface area contributed by atoms with E-state index in [9.17, 15) is 19.7 Å². The maximum absolute atomic E-state index is 12.5. The second-order valence-electron chi connectivity index (χ2n) is 5.76. The van der Waals surface area contributed by atoms with Crippen molar-refractivity contribution in [3.05, 3.63) is 58.1 Å². The molecule has 0 atom stereocenters. The smallest absolute Gasteiger partial charge is 0.282 e. The molecule has 8 nitrogen and oxygen atoms in total. The number of rotatable bonds is 5. The molecular formula is C18H17N3O5. The maximum atomic E-state index is 12.5. The summed E-state index contributed by atoms with van der Waals surface area (Å²) in [6, 6.07) is 10.6. The van der Waals surface area contributed by atoms with E-state index in [-0.39, 0.29) is 17.2 Å². The zero-order valence-corrected chi connectivity index (χ0v) is 14.1. The topological polar surface area (TPSA) is 102 Å². The Morgan fingerprint density at radius 1 is 1.27 bits per heavy atom. The lowest BCUT2D eigenvalue weighted by Crippen LogP contribution is -2.24. The zero-order chi connectivity index (χ0) is 18.7. The molecule has 1 aliphatic heterocycles. The van der Waals surface area contributed by atoms with Crippen LogP contribution in [0.5, 0.6) is 5.75 Å². The molecule has 3 rings (SSSR count). The average molecular weight is 355 g/mol. The molecule has 0 aromatic heterocycles. The van der Waals surface area contributed by atoms with E-state index in [0.717, 1.165) is 6.42 Å². The van der Waals surface area contributed by atoms with E-state index in [4.69, 9.17) is 4.74 Å². The van der Waals surface area contributed by atoms with Crippen molar-refractivity contribution in [1.29, 1.82) is 0 Å². The summed E-state index contributed by atoms with van der Waals surface area (Å²) in [5.74, 6) is -0.0874. The molecule has 0 saturated carbocycles. The molecule has 1 saturated heterocycles. The Kier molecular flexibility index (Phi) is 4.83. The van der Waals surface area contributed by atoms with Crippen LogP contribution >= 0.6 is 0 Å². The van der Waals surface area contributed by atoms with Gasteiger partial charge in [-0.2, -0.15) is 0 Å². The Hall–Kier alpha value is -3.42. The molecule has 134 valence electrons. The molecule has 1 heterocycles. The van der Waals surface area contributed by atoms with Gasteiger partial charge in [-0.3, -0.25) is 19.7 Å². The second-order valence-corrected chi connectivity index (χ2v) is 5.76. The number of methoxy groups -OCH3 is 1. The van der Waals surface area contributed by atoms with Gasteiger partial charge in [0.15, 0.2) is 0 Å². The van der Waals surface area contributed by atoms with Crippen LogP contribution < -0.4 is 15.0 Å². The molecule has 1 aliphatic rings. The molecule has 0 bridgehead atoms. The summed E-state index contributed by atoms with van der Waals surface area (Å²) in [5.41, 5.74) is 0.680. The molecule has 8 heteroatoms. The minimum absolute atomic E-state index is 0.00882. The highest BCUT2D eigenvalue weighted by Gasteiger charge is 2.25. The number of nitro groups is 1. The Labute approximate surface area is 149 Å². The van der Waals surface area contributed by atoms with Crippen molar-refractivity contribution in [1.82, 2.24) is 0 Å². The van der Waals surface area contributed by atoms with E-state index in [1.54, 1.807) is 29.2 Å². The van der Waals surface area contributed by atoms with Crippen LogP contribution in [-0.2, 0) is 4.79 Å². The molecule has 0 radical (unpaired) electrons. The zero-order valence-electron chi connectivity index (χ0n) is 14.1. The minimum Gasteiger partial charge on any atom is -0.495 e. The molecule has 26 heavy (non-hydrogen) atoms. The van der Waals surface area contributed by atoms with E-state index < -0.39 is 10.8 Å². The Bertz CT molecular complexity index is 881. The Morgan fingerprint density at radius 3 is 2.69 bits per heavy atom. The quantitative estimate of drug-likeness (QED) is 0.656. The number of hydrogen-bond acceptors (Lipinski definition) is 5. The van der Waals surface area contributed by atoms with Gasteiger partial charge in [-0.25, -0.2) is 0 Å². The van der Waals surface area contributed by atoms with Gasteiger partial charge in [0, 0.05) is 24.7 Å². The van der Waals surface area contributed by atoms with Crippen LogP contribution in [0.25, 0.3) is 0 Å². The molecule has 2 amide bonds. The lowest BCUT2D eigenvalue weighted by atomic mass is 10.1.